The lowest BCUT2D eigenvalue weighted by Gasteiger charge is -2.11. The van der Waals surface area contributed by atoms with Gasteiger partial charge in [-0.2, -0.15) is 0 Å². The van der Waals surface area contributed by atoms with E-state index in [9.17, 15) is 0 Å². The van der Waals surface area contributed by atoms with Crippen molar-refractivity contribution in [3.8, 4) is 0 Å². The lowest BCUT2D eigenvalue weighted by atomic mass is 10.2. The standard InChI is InChI=1S/C10H11BrN4S/c11-8-3-7-9(13-5-14-10(7)16-8)15-6-1-2-12-4-6/h3,5-6,12H,1-2,4H2,(H,13,14,15)/t6-/m0/s1. The normalized spacial score (nSPS) is 20.4. The SMILES string of the molecule is Brc1cc2c(N[C@H]3CCNC3)ncnc2s1. The molecule has 0 radical (unpaired) electrons. The van der Waals surface area contributed by atoms with Gasteiger partial charge in [-0.3, -0.25) is 0 Å². The van der Waals surface area contributed by atoms with Gasteiger partial charge in [-0.05, 0) is 35.0 Å². The van der Waals surface area contributed by atoms with E-state index >= 15 is 0 Å². The van der Waals surface area contributed by atoms with Gasteiger partial charge in [-0.1, -0.05) is 0 Å². The molecule has 16 heavy (non-hydrogen) atoms. The van der Waals surface area contributed by atoms with E-state index in [4.69, 9.17) is 0 Å². The Labute approximate surface area is 106 Å². The average molecular weight is 299 g/mol. The van der Waals surface area contributed by atoms with Crippen molar-refractivity contribution in [3.05, 3.63) is 16.2 Å². The number of nitrogens with zero attached hydrogens (tertiary/aromatic N) is 2. The van der Waals surface area contributed by atoms with Crippen LogP contribution < -0.4 is 10.6 Å². The van der Waals surface area contributed by atoms with Crippen LogP contribution in [-0.4, -0.2) is 29.1 Å². The van der Waals surface area contributed by atoms with Crippen LogP contribution in [0.1, 0.15) is 6.42 Å². The number of hydrogen-bond acceptors (Lipinski definition) is 5. The Balaban J connectivity index is 1.95. The molecule has 1 aliphatic heterocycles. The predicted molar refractivity (Wildman–Crippen MR) is 70.0 cm³/mol. The molecule has 0 bridgehead atoms. The average Bonchev–Trinajstić information content (AvgIpc) is 2.86. The smallest absolute Gasteiger partial charge is 0.138 e. The molecule has 0 unspecified atom stereocenters. The Hall–Kier alpha value is -0.720. The molecule has 3 heterocycles. The molecule has 0 aliphatic carbocycles. The summed E-state index contributed by atoms with van der Waals surface area (Å²) >= 11 is 5.12. The zero-order chi connectivity index (χ0) is 11.0. The molecule has 0 spiro atoms. The third-order valence-electron chi connectivity index (χ3n) is 2.70. The first kappa shape index (κ1) is 10.4. The quantitative estimate of drug-likeness (QED) is 0.893. The molecule has 84 valence electrons. The van der Waals surface area contributed by atoms with Gasteiger partial charge >= 0.3 is 0 Å². The lowest BCUT2D eigenvalue weighted by molar-refractivity contribution is 0.789. The van der Waals surface area contributed by atoms with E-state index in [1.165, 1.54) is 0 Å². The summed E-state index contributed by atoms with van der Waals surface area (Å²) in [6.45, 7) is 2.09. The maximum Gasteiger partial charge on any atom is 0.138 e. The predicted octanol–water partition coefficient (Wildman–Crippen LogP) is 2.23. The van der Waals surface area contributed by atoms with Crippen LogP contribution in [0, 0.1) is 0 Å². The van der Waals surface area contributed by atoms with Gasteiger partial charge in [0.05, 0.1) is 9.17 Å². The van der Waals surface area contributed by atoms with E-state index in [0.29, 0.717) is 6.04 Å². The summed E-state index contributed by atoms with van der Waals surface area (Å²) < 4.78 is 1.09. The highest BCUT2D eigenvalue weighted by Gasteiger charge is 2.16. The van der Waals surface area contributed by atoms with Gasteiger partial charge in [0.1, 0.15) is 17.0 Å². The van der Waals surface area contributed by atoms with E-state index in [1.54, 1.807) is 17.7 Å². The van der Waals surface area contributed by atoms with Crippen LogP contribution in [0.15, 0.2) is 16.2 Å². The molecule has 0 amide bonds. The molecule has 1 fully saturated rings. The van der Waals surface area contributed by atoms with Crippen molar-refractivity contribution < 1.29 is 0 Å². The molecule has 0 saturated carbocycles. The topological polar surface area (TPSA) is 49.8 Å². The van der Waals surface area contributed by atoms with Gasteiger partial charge < -0.3 is 10.6 Å². The van der Waals surface area contributed by atoms with Crippen LogP contribution in [0.5, 0.6) is 0 Å². The maximum atomic E-state index is 4.32. The summed E-state index contributed by atoms with van der Waals surface area (Å²) in [7, 11) is 0. The Kier molecular flexibility index (Phi) is 2.79. The lowest BCUT2D eigenvalue weighted by Crippen LogP contribution is -2.22. The van der Waals surface area contributed by atoms with Crippen LogP contribution in [0.25, 0.3) is 10.2 Å². The molecule has 3 rings (SSSR count). The number of nitrogens with one attached hydrogen (secondary N) is 2. The summed E-state index contributed by atoms with van der Waals surface area (Å²) in [6, 6.07) is 2.56. The first-order chi connectivity index (χ1) is 7.83. The molecule has 2 aromatic heterocycles. The fourth-order valence-corrected chi connectivity index (χ4v) is 3.33. The van der Waals surface area contributed by atoms with E-state index < -0.39 is 0 Å². The maximum absolute atomic E-state index is 4.32. The van der Waals surface area contributed by atoms with Gasteiger partial charge in [-0.15, -0.1) is 11.3 Å². The molecular formula is C10H11BrN4S. The van der Waals surface area contributed by atoms with E-state index in [-0.39, 0.29) is 0 Å². The number of halogens is 1. The third-order valence-corrected chi connectivity index (χ3v) is 4.25. The Morgan fingerprint density at radius 1 is 1.50 bits per heavy atom. The minimum Gasteiger partial charge on any atom is -0.365 e. The molecule has 1 aliphatic rings. The number of hydrogen-bond donors (Lipinski definition) is 2. The van der Waals surface area contributed by atoms with Crippen molar-refractivity contribution in [2.45, 2.75) is 12.5 Å². The summed E-state index contributed by atoms with van der Waals surface area (Å²) in [4.78, 5) is 9.60. The second-order valence-corrected chi connectivity index (χ2v) is 6.24. The fraction of sp³-hybridized carbons (Fsp3) is 0.400. The minimum atomic E-state index is 0.483. The van der Waals surface area contributed by atoms with Gasteiger partial charge in [0.25, 0.3) is 0 Å². The largest absolute Gasteiger partial charge is 0.365 e. The number of rotatable bonds is 2. The van der Waals surface area contributed by atoms with Crippen LogP contribution in [0.4, 0.5) is 5.82 Å². The number of fused-ring (bicyclic) bond motifs is 1. The van der Waals surface area contributed by atoms with Crippen LogP contribution in [-0.2, 0) is 0 Å². The van der Waals surface area contributed by atoms with Crippen molar-refractivity contribution >= 4 is 43.3 Å². The number of thiophene rings is 1. The Bertz CT molecular complexity index is 506. The van der Waals surface area contributed by atoms with E-state index in [1.807, 2.05) is 0 Å². The van der Waals surface area contributed by atoms with E-state index in [0.717, 1.165) is 39.3 Å². The van der Waals surface area contributed by atoms with Gasteiger partial charge in [0, 0.05) is 12.6 Å². The molecule has 1 atom stereocenters. The minimum absolute atomic E-state index is 0.483. The molecule has 0 aromatic carbocycles. The molecule has 2 aromatic rings. The van der Waals surface area contributed by atoms with Crippen LogP contribution in [0.2, 0.25) is 0 Å². The van der Waals surface area contributed by atoms with Crippen molar-refractivity contribution in [3.63, 3.8) is 0 Å². The highest BCUT2D eigenvalue weighted by molar-refractivity contribution is 9.11. The fourth-order valence-electron chi connectivity index (χ4n) is 1.91. The second-order valence-electron chi connectivity index (χ2n) is 3.83. The summed E-state index contributed by atoms with van der Waals surface area (Å²) in [5.74, 6) is 0.945. The third kappa shape index (κ3) is 1.92. The zero-order valence-electron chi connectivity index (χ0n) is 8.53. The number of anilines is 1. The van der Waals surface area contributed by atoms with Crippen molar-refractivity contribution in [1.82, 2.24) is 15.3 Å². The Morgan fingerprint density at radius 3 is 3.25 bits per heavy atom. The van der Waals surface area contributed by atoms with Crippen LogP contribution in [0.3, 0.4) is 0 Å². The molecule has 1 saturated heterocycles. The first-order valence-corrected chi connectivity index (χ1v) is 6.81. The van der Waals surface area contributed by atoms with Gasteiger partial charge in [-0.25, -0.2) is 9.97 Å². The highest BCUT2D eigenvalue weighted by Crippen LogP contribution is 2.31. The molecular weight excluding hydrogens is 288 g/mol. The summed E-state index contributed by atoms with van der Waals surface area (Å²) in [6.07, 6.45) is 2.77. The highest BCUT2D eigenvalue weighted by atomic mass is 79.9. The van der Waals surface area contributed by atoms with Gasteiger partial charge in [0.15, 0.2) is 0 Å². The Morgan fingerprint density at radius 2 is 2.44 bits per heavy atom. The van der Waals surface area contributed by atoms with E-state index in [2.05, 4.69) is 42.6 Å². The number of aromatic nitrogens is 2. The van der Waals surface area contributed by atoms with Crippen molar-refractivity contribution in [1.29, 1.82) is 0 Å². The second kappa shape index (κ2) is 4.27. The zero-order valence-corrected chi connectivity index (χ0v) is 10.9. The van der Waals surface area contributed by atoms with Gasteiger partial charge in [0.2, 0.25) is 0 Å². The van der Waals surface area contributed by atoms with Crippen molar-refractivity contribution in [2.75, 3.05) is 18.4 Å². The first-order valence-electron chi connectivity index (χ1n) is 5.20. The molecule has 6 heteroatoms. The molecule has 4 nitrogen and oxygen atoms in total. The molecule has 2 N–H and O–H groups in total. The summed E-state index contributed by atoms with van der Waals surface area (Å²) in [5.41, 5.74) is 0. The summed E-state index contributed by atoms with van der Waals surface area (Å²) in [5, 5.41) is 7.91. The van der Waals surface area contributed by atoms with Crippen molar-refractivity contribution in [2.24, 2.45) is 0 Å². The van der Waals surface area contributed by atoms with Crippen LogP contribution >= 0.6 is 27.3 Å². The monoisotopic (exact) mass is 298 g/mol.